The molecule has 2 aromatic rings. The maximum absolute atomic E-state index is 6.29. The fourth-order valence-corrected chi connectivity index (χ4v) is 2.56. The lowest BCUT2D eigenvalue weighted by Crippen LogP contribution is -2.14. The average molecular weight is 310 g/mol. The zero-order valence-corrected chi connectivity index (χ0v) is 13.0. The second kappa shape index (κ2) is 6.49. The zero-order chi connectivity index (χ0) is 14.7. The van der Waals surface area contributed by atoms with Gasteiger partial charge in [-0.1, -0.05) is 35.3 Å². The minimum atomic E-state index is -0.193. The smallest absolute Gasteiger partial charge is 0.123 e. The molecule has 2 rings (SSSR count). The summed E-state index contributed by atoms with van der Waals surface area (Å²) in [4.78, 5) is 0. The first-order valence-electron chi connectivity index (χ1n) is 6.35. The van der Waals surface area contributed by atoms with Crippen molar-refractivity contribution in [1.29, 1.82) is 0 Å². The van der Waals surface area contributed by atoms with E-state index >= 15 is 0 Å². The highest BCUT2D eigenvalue weighted by Gasteiger charge is 2.14. The summed E-state index contributed by atoms with van der Waals surface area (Å²) in [6.07, 6.45) is 0.610. The van der Waals surface area contributed by atoms with Crippen LogP contribution in [0.5, 0.6) is 5.75 Å². The lowest BCUT2D eigenvalue weighted by molar-refractivity contribution is 0.405. The number of aryl methyl sites for hydroxylation is 1. The molecule has 0 aliphatic carbocycles. The van der Waals surface area contributed by atoms with Crippen molar-refractivity contribution in [3.05, 3.63) is 63.1 Å². The molecule has 0 aliphatic rings. The summed E-state index contributed by atoms with van der Waals surface area (Å²) < 4.78 is 5.40. The van der Waals surface area contributed by atoms with Gasteiger partial charge in [-0.3, -0.25) is 0 Å². The molecule has 0 aliphatic heterocycles. The number of halogens is 2. The van der Waals surface area contributed by atoms with Crippen LogP contribution in [-0.4, -0.2) is 7.11 Å². The van der Waals surface area contributed by atoms with E-state index in [-0.39, 0.29) is 6.04 Å². The highest BCUT2D eigenvalue weighted by Crippen LogP contribution is 2.30. The normalized spacial score (nSPS) is 12.2. The van der Waals surface area contributed by atoms with Crippen LogP contribution in [0.3, 0.4) is 0 Å². The third-order valence-corrected chi connectivity index (χ3v) is 3.84. The summed E-state index contributed by atoms with van der Waals surface area (Å²) in [7, 11) is 1.65. The van der Waals surface area contributed by atoms with E-state index in [4.69, 9.17) is 33.7 Å². The Morgan fingerprint density at radius 2 is 1.90 bits per heavy atom. The molecule has 0 saturated heterocycles. The van der Waals surface area contributed by atoms with E-state index in [0.717, 1.165) is 22.4 Å². The van der Waals surface area contributed by atoms with Crippen LogP contribution in [0.4, 0.5) is 0 Å². The van der Waals surface area contributed by atoms with Crippen LogP contribution in [-0.2, 0) is 6.42 Å². The van der Waals surface area contributed by atoms with E-state index in [2.05, 4.69) is 0 Å². The van der Waals surface area contributed by atoms with E-state index in [9.17, 15) is 0 Å². The summed E-state index contributed by atoms with van der Waals surface area (Å²) in [5, 5.41) is 1.34. The Hall–Kier alpha value is -1.22. The summed E-state index contributed by atoms with van der Waals surface area (Å²) >= 11 is 12.2. The minimum Gasteiger partial charge on any atom is -0.496 e. The van der Waals surface area contributed by atoms with E-state index in [0.29, 0.717) is 16.5 Å². The number of methoxy groups -OCH3 is 1. The molecule has 0 aromatic heterocycles. The third-order valence-electron chi connectivity index (χ3n) is 3.24. The molecule has 1 unspecified atom stereocenters. The molecule has 0 radical (unpaired) electrons. The van der Waals surface area contributed by atoms with Crippen molar-refractivity contribution in [3.8, 4) is 5.75 Å². The van der Waals surface area contributed by atoms with Crippen LogP contribution in [0.15, 0.2) is 36.4 Å². The molecule has 2 N–H and O–H groups in total. The van der Waals surface area contributed by atoms with E-state index in [1.165, 1.54) is 0 Å². The monoisotopic (exact) mass is 309 g/mol. The second-order valence-corrected chi connectivity index (χ2v) is 5.64. The number of hydrogen-bond acceptors (Lipinski definition) is 2. The van der Waals surface area contributed by atoms with Crippen LogP contribution in [0, 0.1) is 6.92 Å². The quantitative estimate of drug-likeness (QED) is 0.899. The van der Waals surface area contributed by atoms with Crippen LogP contribution in [0.25, 0.3) is 0 Å². The highest BCUT2D eigenvalue weighted by molar-refractivity contribution is 6.33. The van der Waals surface area contributed by atoms with Gasteiger partial charge >= 0.3 is 0 Å². The van der Waals surface area contributed by atoms with Crippen LogP contribution >= 0.6 is 23.2 Å². The molecule has 0 fully saturated rings. The lowest BCUT2D eigenvalue weighted by Gasteiger charge is -2.17. The number of rotatable bonds is 4. The van der Waals surface area contributed by atoms with Gasteiger partial charge in [0.1, 0.15) is 5.75 Å². The molecular formula is C16H17Cl2NO. The first-order chi connectivity index (χ1) is 9.51. The molecule has 4 heteroatoms. The van der Waals surface area contributed by atoms with Gasteiger partial charge in [-0.2, -0.15) is 0 Å². The Bertz CT molecular complexity index is 613. The fraction of sp³-hybridized carbons (Fsp3) is 0.250. The van der Waals surface area contributed by atoms with Gasteiger partial charge in [0, 0.05) is 21.7 Å². The second-order valence-electron chi connectivity index (χ2n) is 4.79. The fourth-order valence-electron chi connectivity index (χ4n) is 2.17. The molecule has 0 spiro atoms. The van der Waals surface area contributed by atoms with Gasteiger partial charge in [-0.15, -0.1) is 0 Å². The molecule has 0 amide bonds. The SMILES string of the molecule is COc1cc(C)ccc1C(N)Cc1cc(Cl)ccc1Cl. The van der Waals surface area contributed by atoms with Crippen LogP contribution in [0.2, 0.25) is 10.0 Å². The zero-order valence-electron chi connectivity index (χ0n) is 11.5. The maximum atomic E-state index is 6.29. The van der Waals surface area contributed by atoms with Crippen molar-refractivity contribution < 1.29 is 4.74 Å². The topological polar surface area (TPSA) is 35.2 Å². The Morgan fingerprint density at radius 3 is 2.60 bits per heavy atom. The van der Waals surface area contributed by atoms with Crippen molar-refractivity contribution in [1.82, 2.24) is 0 Å². The average Bonchev–Trinajstić information content (AvgIpc) is 2.42. The predicted molar refractivity (Wildman–Crippen MR) is 84.8 cm³/mol. The maximum Gasteiger partial charge on any atom is 0.123 e. The summed E-state index contributed by atoms with van der Waals surface area (Å²) in [5.41, 5.74) is 9.33. The van der Waals surface area contributed by atoms with Gasteiger partial charge in [0.25, 0.3) is 0 Å². The molecule has 106 valence electrons. The Morgan fingerprint density at radius 1 is 1.15 bits per heavy atom. The molecule has 2 nitrogen and oxygen atoms in total. The first kappa shape index (κ1) is 15.2. The van der Waals surface area contributed by atoms with Crippen molar-refractivity contribution >= 4 is 23.2 Å². The molecule has 20 heavy (non-hydrogen) atoms. The number of ether oxygens (including phenoxy) is 1. The highest BCUT2D eigenvalue weighted by atomic mass is 35.5. The molecule has 0 bridgehead atoms. The van der Waals surface area contributed by atoms with E-state index in [1.54, 1.807) is 19.2 Å². The van der Waals surface area contributed by atoms with Gasteiger partial charge in [0.15, 0.2) is 0 Å². The Kier molecular flexibility index (Phi) is 4.92. The van der Waals surface area contributed by atoms with Gasteiger partial charge in [-0.25, -0.2) is 0 Å². The van der Waals surface area contributed by atoms with Crippen molar-refractivity contribution in [3.63, 3.8) is 0 Å². The number of hydrogen-bond donors (Lipinski definition) is 1. The molecule has 0 saturated carbocycles. The molecule has 2 aromatic carbocycles. The minimum absolute atomic E-state index is 0.193. The first-order valence-corrected chi connectivity index (χ1v) is 7.11. The van der Waals surface area contributed by atoms with Gasteiger partial charge in [0.2, 0.25) is 0 Å². The van der Waals surface area contributed by atoms with Crippen LogP contribution in [0.1, 0.15) is 22.7 Å². The van der Waals surface area contributed by atoms with E-state index in [1.807, 2.05) is 31.2 Å². The van der Waals surface area contributed by atoms with Crippen molar-refractivity contribution in [2.75, 3.05) is 7.11 Å². The summed E-state index contributed by atoms with van der Waals surface area (Å²) in [6.45, 7) is 2.02. The largest absolute Gasteiger partial charge is 0.496 e. The molecular weight excluding hydrogens is 293 g/mol. The van der Waals surface area contributed by atoms with Crippen molar-refractivity contribution in [2.45, 2.75) is 19.4 Å². The summed E-state index contributed by atoms with van der Waals surface area (Å²) in [6, 6.07) is 11.2. The van der Waals surface area contributed by atoms with E-state index < -0.39 is 0 Å². The number of nitrogens with two attached hydrogens (primary N) is 1. The standard InChI is InChI=1S/C16H17Cl2NO/c1-10-3-5-13(16(7-10)20-2)15(19)9-11-8-12(17)4-6-14(11)18/h3-8,15H,9,19H2,1-2H3. The Labute approximate surface area is 129 Å². The predicted octanol–water partition coefficient (Wildman–Crippen LogP) is 4.55. The van der Waals surface area contributed by atoms with Gasteiger partial charge < -0.3 is 10.5 Å². The molecule has 1 atom stereocenters. The summed E-state index contributed by atoms with van der Waals surface area (Å²) in [5.74, 6) is 0.802. The van der Waals surface area contributed by atoms with Crippen LogP contribution < -0.4 is 10.5 Å². The lowest BCUT2D eigenvalue weighted by atomic mass is 9.98. The van der Waals surface area contributed by atoms with Gasteiger partial charge in [-0.05, 0) is 48.7 Å². The molecule has 0 heterocycles. The van der Waals surface area contributed by atoms with Crippen molar-refractivity contribution in [2.24, 2.45) is 5.73 Å². The number of benzene rings is 2. The Balaban J connectivity index is 2.28. The van der Waals surface area contributed by atoms with Gasteiger partial charge in [0.05, 0.1) is 7.11 Å². The third kappa shape index (κ3) is 3.45.